The number of hydrogen-bond donors (Lipinski definition) is 1. The molecule has 20 heavy (non-hydrogen) atoms. The summed E-state index contributed by atoms with van der Waals surface area (Å²) < 4.78 is 0.331. The van der Waals surface area contributed by atoms with Gasteiger partial charge in [0, 0.05) is 24.2 Å². The Labute approximate surface area is 125 Å². The third-order valence-corrected chi connectivity index (χ3v) is 4.56. The van der Waals surface area contributed by atoms with Crippen molar-refractivity contribution in [2.24, 2.45) is 0 Å². The second kappa shape index (κ2) is 5.14. The molecule has 1 N–H and O–H groups in total. The number of carbonyl (C=O) groups excluding carboxylic acids is 2. The molecular weight excluding hydrogens is 322 g/mol. The highest BCUT2D eigenvalue weighted by Crippen LogP contribution is 2.32. The SMILES string of the molecule is O=C1C(Br)=C(N2CCC(O)CC2)C(=O)c2ccccc21. The highest BCUT2D eigenvalue weighted by Gasteiger charge is 2.34. The number of aliphatic hydroxyl groups is 1. The second-order valence-corrected chi connectivity index (χ2v) is 5.88. The molecule has 0 saturated carbocycles. The monoisotopic (exact) mass is 335 g/mol. The van der Waals surface area contributed by atoms with Gasteiger partial charge in [0.1, 0.15) is 5.70 Å². The summed E-state index contributed by atoms with van der Waals surface area (Å²) in [4.78, 5) is 26.9. The van der Waals surface area contributed by atoms with Crippen LogP contribution in [-0.4, -0.2) is 40.8 Å². The fourth-order valence-corrected chi connectivity index (χ4v) is 3.35. The predicted octanol–water partition coefficient (Wildman–Crippen LogP) is 2.13. The molecule has 1 fully saturated rings. The molecule has 1 aromatic carbocycles. The minimum atomic E-state index is -0.313. The molecule has 0 spiro atoms. The Balaban J connectivity index is 2.01. The van der Waals surface area contributed by atoms with Crippen molar-refractivity contribution >= 4 is 27.5 Å². The number of ketones is 2. The first-order chi connectivity index (χ1) is 9.59. The Morgan fingerprint density at radius 2 is 1.60 bits per heavy atom. The van der Waals surface area contributed by atoms with E-state index in [9.17, 15) is 14.7 Å². The topological polar surface area (TPSA) is 57.6 Å². The standard InChI is InChI=1S/C15H14BrNO3/c16-12-13(17-7-5-9(18)6-8-17)15(20)11-4-2-1-3-10(11)14(12)19/h1-4,9,18H,5-8H2. The van der Waals surface area contributed by atoms with E-state index in [2.05, 4.69) is 15.9 Å². The van der Waals surface area contributed by atoms with Crippen LogP contribution in [0.25, 0.3) is 0 Å². The molecule has 4 nitrogen and oxygen atoms in total. The first kappa shape index (κ1) is 13.5. The van der Waals surface area contributed by atoms with Gasteiger partial charge in [0.15, 0.2) is 0 Å². The van der Waals surface area contributed by atoms with Gasteiger partial charge in [0.25, 0.3) is 0 Å². The largest absolute Gasteiger partial charge is 0.393 e. The molecule has 1 saturated heterocycles. The number of aliphatic hydroxyl groups excluding tert-OH is 1. The molecule has 0 aromatic heterocycles. The van der Waals surface area contributed by atoms with Crippen LogP contribution >= 0.6 is 15.9 Å². The van der Waals surface area contributed by atoms with Crippen LogP contribution in [0.15, 0.2) is 34.4 Å². The van der Waals surface area contributed by atoms with Crippen LogP contribution in [-0.2, 0) is 0 Å². The molecule has 3 rings (SSSR count). The Morgan fingerprint density at radius 1 is 1.05 bits per heavy atom. The number of nitrogens with zero attached hydrogens (tertiary/aromatic N) is 1. The van der Waals surface area contributed by atoms with Crippen LogP contribution in [0.3, 0.4) is 0 Å². The van der Waals surface area contributed by atoms with Gasteiger partial charge in [0.05, 0.1) is 10.6 Å². The van der Waals surface area contributed by atoms with Gasteiger partial charge in [-0.05, 0) is 28.8 Å². The summed E-state index contributed by atoms with van der Waals surface area (Å²) in [6.45, 7) is 1.18. The van der Waals surface area contributed by atoms with Gasteiger partial charge >= 0.3 is 0 Å². The van der Waals surface area contributed by atoms with Gasteiger partial charge in [-0.3, -0.25) is 9.59 Å². The van der Waals surface area contributed by atoms with Crippen molar-refractivity contribution in [1.82, 2.24) is 4.90 Å². The number of halogens is 1. The fraction of sp³-hybridized carbons (Fsp3) is 0.333. The maximum absolute atomic E-state index is 12.6. The van der Waals surface area contributed by atoms with Crippen LogP contribution in [0.4, 0.5) is 0 Å². The van der Waals surface area contributed by atoms with E-state index in [-0.39, 0.29) is 17.7 Å². The number of fused-ring (bicyclic) bond motifs is 1. The van der Waals surface area contributed by atoms with Crippen molar-refractivity contribution in [2.75, 3.05) is 13.1 Å². The van der Waals surface area contributed by atoms with E-state index in [1.165, 1.54) is 0 Å². The van der Waals surface area contributed by atoms with Gasteiger partial charge in [-0.15, -0.1) is 0 Å². The molecule has 1 aliphatic heterocycles. The highest BCUT2D eigenvalue weighted by molar-refractivity contribution is 9.12. The highest BCUT2D eigenvalue weighted by atomic mass is 79.9. The van der Waals surface area contributed by atoms with Crippen molar-refractivity contribution in [3.8, 4) is 0 Å². The smallest absolute Gasteiger partial charge is 0.211 e. The van der Waals surface area contributed by atoms with Crippen molar-refractivity contribution in [3.63, 3.8) is 0 Å². The zero-order chi connectivity index (χ0) is 14.3. The lowest BCUT2D eigenvalue weighted by Crippen LogP contribution is -2.40. The van der Waals surface area contributed by atoms with Gasteiger partial charge < -0.3 is 10.0 Å². The molecule has 2 aliphatic rings. The van der Waals surface area contributed by atoms with E-state index < -0.39 is 0 Å². The van der Waals surface area contributed by atoms with Crippen LogP contribution in [0.2, 0.25) is 0 Å². The molecule has 1 aliphatic carbocycles. The van der Waals surface area contributed by atoms with Gasteiger partial charge in [-0.25, -0.2) is 0 Å². The van der Waals surface area contributed by atoms with E-state index >= 15 is 0 Å². The summed E-state index contributed by atoms with van der Waals surface area (Å²) in [5.74, 6) is -0.273. The minimum absolute atomic E-state index is 0.122. The van der Waals surface area contributed by atoms with Crippen molar-refractivity contribution in [3.05, 3.63) is 45.6 Å². The minimum Gasteiger partial charge on any atom is -0.393 e. The Hall–Kier alpha value is -1.46. The zero-order valence-electron chi connectivity index (χ0n) is 10.8. The molecular formula is C15H14BrNO3. The molecule has 0 bridgehead atoms. The van der Waals surface area contributed by atoms with E-state index in [1.807, 2.05) is 4.90 Å². The first-order valence-corrected chi connectivity index (χ1v) is 7.40. The van der Waals surface area contributed by atoms with Crippen molar-refractivity contribution in [2.45, 2.75) is 18.9 Å². The average molecular weight is 336 g/mol. The summed E-state index contributed by atoms with van der Waals surface area (Å²) in [7, 11) is 0. The molecule has 104 valence electrons. The number of carbonyl (C=O) groups is 2. The van der Waals surface area contributed by atoms with Crippen LogP contribution in [0, 0.1) is 0 Å². The Bertz CT molecular complexity index is 615. The van der Waals surface area contributed by atoms with Crippen LogP contribution in [0.1, 0.15) is 33.6 Å². The maximum atomic E-state index is 12.6. The summed E-state index contributed by atoms with van der Waals surface area (Å²) in [6.07, 6.45) is 0.923. The quantitative estimate of drug-likeness (QED) is 0.854. The van der Waals surface area contributed by atoms with Crippen molar-refractivity contribution < 1.29 is 14.7 Å². The summed E-state index contributed by atoms with van der Waals surface area (Å²) in [5.41, 5.74) is 1.34. The van der Waals surface area contributed by atoms with Gasteiger partial charge in [-0.2, -0.15) is 0 Å². The van der Waals surface area contributed by atoms with Gasteiger partial charge in [-0.1, -0.05) is 24.3 Å². The second-order valence-electron chi connectivity index (χ2n) is 5.08. The average Bonchev–Trinajstić information content (AvgIpc) is 2.47. The van der Waals surface area contributed by atoms with E-state index in [0.717, 1.165) is 0 Å². The lowest BCUT2D eigenvalue weighted by Gasteiger charge is -2.34. The molecule has 0 atom stereocenters. The summed E-state index contributed by atoms with van der Waals surface area (Å²) in [6, 6.07) is 6.88. The molecule has 1 heterocycles. The molecule has 0 amide bonds. The zero-order valence-corrected chi connectivity index (χ0v) is 12.4. The Kier molecular flexibility index (Phi) is 3.48. The molecule has 0 unspecified atom stereocenters. The third-order valence-electron chi connectivity index (χ3n) is 3.82. The third kappa shape index (κ3) is 2.11. The molecule has 5 heteroatoms. The predicted molar refractivity (Wildman–Crippen MR) is 77.9 cm³/mol. The van der Waals surface area contributed by atoms with Crippen molar-refractivity contribution in [1.29, 1.82) is 0 Å². The lowest BCUT2D eigenvalue weighted by atomic mass is 9.91. The molecule has 1 aromatic rings. The van der Waals surface area contributed by atoms with Crippen LogP contribution < -0.4 is 0 Å². The first-order valence-electron chi connectivity index (χ1n) is 6.61. The fourth-order valence-electron chi connectivity index (χ4n) is 2.70. The number of benzene rings is 1. The Morgan fingerprint density at radius 3 is 2.20 bits per heavy atom. The van der Waals surface area contributed by atoms with Gasteiger partial charge in [0.2, 0.25) is 11.6 Å². The number of piperidine rings is 1. The lowest BCUT2D eigenvalue weighted by molar-refractivity contribution is 0.0818. The normalized spacial score (nSPS) is 20.4. The van der Waals surface area contributed by atoms with E-state index in [0.29, 0.717) is 47.2 Å². The summed E-state index contributed by atoms with van der Waals surface area (Å²) >= 11 is 3.29. The maximum Gasteiger partial charge on any atom is 0.211 e. The van der Waals surface area contributed by atoms with E-state index in [4.69, 9.17) is 0 Å². The molecule has 0 radical (unpaired) electrons. The number of hydrogen-bond acceptors (Lipinski definition) is 4. The summed E-state index contributed by atoms with van der Waals surface area (Å²) in [5, 5.41) is 9.56. The van der Waals surface area contributed by atoms with Crippen LogP contribution in [0.5, 0.6) is 0 Å². The number of rotatable bonds is 1. The number of Topliss-reactive ketones (excluding diaryl/α,β-unsaturated/α-hetero) is 2. The number of likely N-dealkylation sites (tertiary alicyclic amines) is 1. The number of allylic oxidation sites excluding steroid dienone is 2. The van der Waals surface area contributed by atoms with E-state index in [1.54, 1.807) is 24.3 Å².